The first-order valence-corrected chi connectivity index (χ1v) is 11.9. The van der Waals surface area contributed by atoms with Gasteiger partial charge in [-0.1, -0.05) is 53.5 Å². The fourth-order valence-electron chi connectivity index (χ4n) is 3.31. The van der Waals surface area contributed by atoms with Crippen LogP contribution in [0.25, 0.3) is 0 Å². The van der Waals surface area contributed by atoms with Gasteiger partial charge in [0, 0.05) is 23.2 Å². The minimum atomic E-state index is -1.21. The summed E-state index contributed by atoms with van der Waals surface area (Å²) in [5.74, 6) is -3.94. The van der Waals surface area contributed by atoms with Crippen molar-refractivity contribution in [2.45, 2.75) is 32.0 Å². The van der Waals surface area contributed by atoms with Crippen LogP contribution in [-0.2, 0) is 27.3 Å². The molecule has 3 amide bonds. The Morgan fingerprint density at radius 1 is 0.946 bits per heavy atom. The molecule has 0 spiro atoms. The third-order valence-electron chi connectivity index (χ3n) is 5.22. The number of rotatable bonds is 10. The Kier molecular flexibility index (Phi) is 9.71. The van der Waals surface area contributed by atoms with Gasteiger partial charge in [0.05, 0.1) is 17.3 Å². The zero-order valence-electron chi connectivity index (χ0n) is 19.6. The van der Waals surface area contributed by atoms with Crippen LogP contribution in [0.3, 0.4) is 0 Å². The third-order valence-corrected chi connectivity index (χ3v) is 5.67. The first-order chi connectivity index (χ1) is 17.6. The molecule has 0 saturated heterocycles. The molecule has 3 rings (SSSR count). The maximum atomic E-state index is 13.6. The standard InChI is InChI=1S/C26H23Cl2FN4O4/c1-15(32-25(36)17-10-19(28)12-20(29)11-17)24(35)33-22(9-16-5-3-2-4-6-16)23(34)26(37)31-14-21-8-7-18(27)13-30-21/h2-8,10-13,15,22H,9,14H2,1H3,(H,31,37)(H,32,36)(H,33,35)/t15-,22-/m1/s1. The molecule has 3 N–H and O–H groups in total. The Balaban J connectivity index is 1.68. The third kappa shape index (κ3) is 8.37. The summed E-state index contributed by atoms with van der Waals surface area (Å²) < 4.78 is 13.6. The summed E-state index contributed by atoms with van der Waals surface area (Å²) in [5, 5.41) is 7.91. The van der Waals surface area contributed by atoms with E-state index >= 15 is 0 Å². The molecule has 0 bridgehead atoms. The highest BCUT2D eigenvalue weighted by Gasteiger charge is 2.29. The Labute approximate surface area is 222 Å². The van der Waals surface area contributed by atoms with Crippen molar-refractivity contribution in [2.24, 2.45) is 0 Å². The van der Waals surface area contributed by atoms with Gasteiger partial charge in [0.1, 0.15) is 17.9 Å². The summed E-state index contributed by atoms with van der Waals surface area (Å²) >= 11 is 11.6. The summed E-state index contributed by atoms with van der Waals surface area (Å²) in [4.78, 5) is 55.0. The van der Waals surface area contributed by atoms with E-state index in [0.29, 0.717) is 16.3 Å². The highest BCUT2D eigenvalue weighted by molar-refractivity contribution is 6.38. The smallest absolute Gasteiger partial charge is 0.289 e. The minimum Gasteiger partial charge on any atom is -0.344 e. The number of nitrogens with one attached hydrogen (secondary N) is 3. The Morgan fingerprint density at radius 3 is 2.32 bits per heavy atom. The normalized spacial score (nSPS) is 12.2. The van der Waals surface area contributed by atoms with E-state index in [1.807, 2.05) is 0 Å². The highest BCUT2D eigenvalue weighted by atomic mass is 35.5. The van der Waals surface area contributed by atoms with Gasteiger partial charge in [-0.25, -0.2) is 4.39 Å². The van der Waals surface area contributed by atoms with Crippen molar-refractivity contribution in [3.63, 3.8) is 0 Å². The molecule has 1 heterocycles. The largest absolute Gasteiger partial charge is 0.344 e. The van der Waals surface area contributed by atoms with Crippen LogP contribution in [-0.4, -0.2) is 40.6 Å². The molecule has 2 aromatic carbocycles. The molecular weight excluding hydrogens is 522 g/mol. The van der Waals surface area contributed by atoms with Gasteiger partial charge < -0.3 is 16.0 Å². The molecule has 0 radical (unpaired) electrons. The molecule has 3 aromatic rings. The average molecular weight is 545 g/mol. The summed E-state index contributed by atoms with van der Waals surface area (Å²) in [6.45, 7) is 1.38. The van der Waals surface area contributed by atoms with E-state index in [9.17, 15) is 23.6 Å². The summed E-state index contributed by atoms with van der Waals surface area (Å²) in [7, 11) is 0. The van der Waals surface area contributed by atoms with Crippen LogP contribution in [0.15, 0.2) is 66.9 Å². The van der Waals surface area contributed by atoms with Gasteiger partial charge in [-0.2, -0.15) is 0 Å². The van der Waals surface area contributed by atoms with E-state index in [4.69, 9.17) is 23.2 Å². The van der Waals surface area contributed by atoms with Crippen molar-refractivity contribution < 1.29 is 23.6 Å². The number of pyridine rings is 1. The van der Waals surface area contributed by atoms with Crippen LogP contribution in [0.5, 0.6) is 0 Å². The number of nitrogens with zero attached hydrogens (tertiary/aromatic N) is 1. The maximum absolute atomic E-state index is 13.6. The number of hydrogen-bond acceptors (Lipinski definition) is 5. The lowest BCUT2D eigenvalue weighted by Crippen LogP contribution is -2.53. The second kappa shape index (κ2) is 12.9. The zero-order valence-corrected chi connectivity index (χ0v) is 21.1. The first-order valence-electron chi connectivity index (χ1n) is 11.2. The predicted molar refractivity (Wildman–Crippen MR) is 137 cm³/mol. The number of Topliss-reactive ketones (excluding diaryl/α,β-unsaturated/α-hetero) is 1. The first kappa shape index (κ1) is 27.8. The van der Waals surface area contributed by atoms with Gasteiger partial charge in [0.15, 0.2) is 0 Å². The van der Waals surface area contributed by atoms with E-state index in [2.05, 4.69) is 20.9 Å². The lowest BCUT2D eigenvalue weighted by Gasteiger charge is -2.21. The van der Waals surface area contributed by atoms with Crippen molar-refractivity contribution >= 4 is 46.7 Å². The van der Waals surface area contributed by atoms with E-state index in [1.54, 1.807) is 42.5 Å². The van der Waals surface area contributed by atoms with Crippen molar-refractivity contribution in [3.8, 4) is 0 Å². The molecule has 2 atom stereocenters. The molecule has 37 heavy (non-hydrogen) atoms. The van der Waals surface area contributed by atoms with Gasteiger partial charge in [0.25, 0.3) is 11.8 Å². The molecule has 0 saturated carbocycles. The van der Waals surface area contributed by atoms with E-state index in [-0.39, 0.29) is 23.6 Å². The summed E-state index contributed by atoms with van der Waals surface area (Å²) in [6, 6.07) is 13.0. The molecule has 1 aromatic heterocycles. The molecule has 0 aliphatic rings. The lowest BCUT2D eigenvalue weighted by atomic mass is 10.0. The number of ketones is 1. The minimum absolute atomic E-state index is 0.0175. The van der Waals surface area contributed by atoms with Gasteiger partial charge >= 0.3 is 0 Å². The Morgan fingerprint density at radius 2 is 1.68 bits per heavy atom. The number of aromatic nitrogens is 1. The second-order valence-electron chi connectivity index (χ2n) is 8.12. The SMILES string of the molecule is C[C@@H](NC(=O)c1cc(F)cc(Cl)c1)C(=O)N[C@H](Cc1ccccc1)C(=O)C(=O)NCc1ccc(Cl)cn1. The van der Waals surface area contributed by atoms with Crippen LogP contribution < -0.4 is 16.0 Å². The molecule has 192 valence electrons. The van der Waals surface area contributed by atoms with Crippen molar-refractivity contribution in [3.05, 3.63) is 99.5 Å². The Bertz CT molecular complexity index is 1270. The topological polar surface area (TPSA) is 117 Å². The van der Waals surface area contributed by atoms with Gasteiger partial charge in [-0.05, 0) is 42.8 Å². The maximum Gasteiger partial charge on any atom is 0.289 e. The average Bonchev–Trinajstić information content (AvgIpc) is 2.87. The number of benzene rings is 2. The highest BCUT2D eigenvalue weighted by Crippen LogP contribution is 2.14. The fourth-order valence-corrected chi connectivity index (χ4v) is 3.65. The molecule has 0 fully saturated rings. The number of halogens is 3. The van der Waals surface area contributed by atoms with Crippen LogP contribution in [0, 0.1) is 5.82 Å². The predicted octanol–water partition coefficient (Wildman–Crippen LogP) is 3.26. The van der Waals surface area contributed by atoms with E-state index < -0.39 is 41.4 Å². The summed E-state index contributed by atoms with van der Waals surface area (Å²) in [5.41, 5.74) is 1.12. The van der Waals surface area contributed by atoms with E-state index in [1.165, 1.54) is 19.2 Å². The van der Waals surface area contributed by atoms with Crippen LogP contribution in [0.4, 0.5) is 4.39 Å². The van der Waals surface area contributed by atoms with Gasteiger partial charge in [-0.15, -0.1) is 0 Å². The molecule has 0 unspecified atom stereocenters. The Hall–Kier alpha value is -3.82. The van der Waals surface area contributed by atoms with Crippen LogP contribution >= 0.6 is 23.2 Å². The molecule has 0 aliphatic carbocycles. The van der Waals surface area contributed by atoms with Crippen molar-refractivity contribution in [2.75, 3.05) is 0 Å². The van der Waals surface area contributed by atoms with Crippen LogP contribution in [0.1, 0.15) is 28.5 Å². The van der Waals surface area contributed by atoms with Crippen molar-refractivity contribution in [1.29, 1.82) is 0 Å². The number of carbonyl (C=O) groups is 4. The summed E-state index contributed by atoms with van der Waals surface area (Å²) in [6.07, 6.45) is 1.45. The molecule has 11 heteroatoms. The number of hydrogen-bond donors (Lipinski definition) is 3. The zero-order chi connectivity index (χ0) is 26.9. The second-order valence-corrected chi connectivity index (χ2v) is 8.99. The van der Waals surface area contributed by atoms with Gasteiger partial charge in [0.2, 0.25) is 11.7 Å². The number of carbonyl (C=O) groups excluding carboxylic acids is 4. The van der Waals surface area contributed by atoms with E-state index in [0.717, 1.165) is 12.1 Å². The van der Waals surface area contributed by atoms with Gasteiger partial charge in [-0.3, -0.25) is 24.2 Å². The molecule has 8 nitrogen and oxygen atoms in total. The quantitative estimate of drug-likeness (QED) is 0.338. The molecular formula is C26H23Cl2FN4O4. The fraction of sp³-hybridized carbons (Fsp3) is 0.192. The van der Waals surface area contributed by atoms with Crippen LogP contribution in [0.2, 0.25) is 10.0 Å². The molecule has 0 aliphatic heterocycles. The number of amides is 3. The lowest BCUT2D eigenvalue weighted by molar-refractivity contribution is -0.140. The monoisotopic (exact) mass is 544 g/mol. The van der Waals surface area contributed by atoms with Crippen molar-refractivity contribution in [1.82, 2.24) is 20.9 Å².